The Balaban J connectivity index is 2.77. The van der Waals surface area contributed by atoms with E-state index in [9.17, 15) is 19.8 Å². The van der Waals surface area contributed by atoms with E-state index >= 15 is 0 Å². The van der Waals surface area contributed by atoms with Crippen LogP contribution in [0.4, 0.5) is 0 Å². The molecule has 0 aliphatic carbocycles. The van der Waals surface area contributed by atoms with Crippen LogP contribution in [-0.4, -0.2) is 33.9 Å². The number of carbonyl (C=O) groups is 1. The Morgan fingerprint density at radius 2 is 2.09 bits per heavy atom. The summed E-state index contributed by atoms with van der Waals surface area (Å²) in [7, 11) is 0. The number of rotatable bonds is 6. The van der Waals surface area contributed by atoms with Crippen LogP contribution in [0.25, 0.3) is 10.9 Å². The fourth-order valence-electron chi connectivity index (χ4n) is 2.72. The van der Waals surface area contributed by atoms with Gasteiger partial charge < -0.3 is 20.5 Å². The number of aliphatic hydroxyl groups is 1. The highest BCUT2D eigenvalue weighted by Crippen LogP contribution is 2.20. The van der Waals surface area contributed by atoms with Crippen molar-refractivity contribution in [1.29, 1.82) is 0 Å². The molecule has 0 spiro atoms. The SMILES string of the molecule is Cc1cc(CCCN)cc2c(=O)c(C(=O)O)cn(CCO)c12. The van der Waals surface area contributed by atoms with Crippen LogP contribution in [0, 0.1) is 6.92 Å². The largest absolute Gasteiger partial charge is 0.477 e. The molecule has 1 aromatic carbocycles. The molecule has 2 aromatic rings. The number of pyridine rings is 1. The zero-order chi connectivity index (χ0) is 16.3. The van der Waals surface area contributed by atoms with Crippen LogP contribution in [0.15, 0.2) is 23.1 Å². The molecule has 6 heteroatoms. The van der Waals surface area contributed by atoms with Crippen LogP contribution >= 0.6 is 0 Å². The van der Waals surface area contributed by atoms with Gasteiger partial charge in [0, 0.05) is 18.1 Å². The minimum absolute atomic E-state index is 0.134. The summed E-state index contributed by atoms with van der Waals surface area (Å²) < 4.78 is 1.63. The van der Waals surface area contributed by atoms with E-state index in [4.69, 9.17) is 5.73 Å². The normalized spacial score (nSPS) is 11.0. The van der Waals surface area contributed by atoms with Crippen molar-refractivity contribution in [2.24, 2.45) is 5.73 Å². The molecular weight excluding hydrogens is 284 g/mol. The Hall–Kier alpha value is -2.18. The lowest BCUT2D eigenvalue weighted by molar-refractivity contribution is 0.0694. The van der Waals surface area contributed by atoms with Crippen LogP contribution in [0.3, 0.4) is 0 Å². The van der Waals surface area contributed by atoms with Crippen LogP contribution in [-0.2, 0) is 13.0 Å². The standard InChI is InChI=1S/C16H20N2O4/c1-10-7-11(3-2-4-17)8-12-14(10)18(5-6-19)9-13(15(12)20)16(21)22/h7-9,19H,2-6,17H2,1H3,(H,21,22). The van der Waals surface area contributed by atoms with Gasteiger partial charge in [0.1, 0.15) is 5.56 Å². The number of fused-ring (bicyclic) bond motifs is 1. The number of aryl methyl sites for hydroxylation is 2. The molecule has 0 radical (unpaired) electrons. The fourth-order valence-corrected chi connectivity index (χ4v) is 2.72. The topological polar surface area (TPSA) is 106 Å². The lowest BCUT2D eigenvalue weighted by Gasteiger charge is -2.15. The second-order valence-corrected chi connectivity index (χ2v) is 5.30. The summed E-state index contributed by atoms with van der Waals surface area (Å²) in [4.78, 5) is 23.7. The number of aromatic carboxylic acids is 1. The van der Waals surface area contributed by atoms with Gasteiger partial charge in [-0.25, -0.2) is 4.79 Å². The molecule has 1 heterocycles. The summed E-state index contributed by atoms with van der Waals surface area (Å²) in [6.45, 7) is 2.54. The predicted molar refractivity (Wildman–Crippen MR) is 84.4 cm³/mol. The summed E-state index contributed by atoms with van der Waals surface area (Å²) in [5.41, 5.74) is 7.25. The third-order valence-electron chi connectivity index (χ3n) is 3.66. The smallest absolute Gasteiger partial charge is 0.341 e. The molecule has 22 heavy (non-hydrogen) atoms. The highest BCUT2D eigenvalue weighted by Gasteiger charge is 2.16. The van der Waals surface area contributed by atoms with E-state index in [1.165, 1.54) is 6.20 Å². The van der Waals surface area contributed by atoms with Crippen molar-refractivity contribution in [1.82, 2.24) is 4.57 Å². The number of hydrogen-bond donors (Lipinski definition) is 3. The summed E-state index contributed by atoms with van der Waals surface area (Å²) in [5, 5.41) is 18.8. The first-order chi connectivity index (χ1) is 10.5. The number of nitrogens with two attached hydrogens (primary N) is 1. The molecule has 4 N–H and O–H groups in total. The first-order valence-corrected chi connectivity index (χ1v) is 7.20. The summed E-state index contributed by atoms with van der Waals surface area (Å²) >= 11 is 0. The molecule has 0 aliphatic rings. The van der Waals surface area contributed by atoms with E-state index in [1.807, 2.05) is 13.0 Å². The molecular formula is C16H20N2O4. The second kappa shape index (κ2) is 6.72. The zero-order valence-electron chi connectivity index (χ0n) is 12.5. The number of carboxylic acids is 1. The third-order valence-corrected chi connectivity index (χ3v) is 3.66. The molecule has 0 aliphatic heterocycles. The molecule has 0 atom stereocenters. The van der Waals surface area contributed by atoms with Gasteiger partial charge in [0.15, 0.2) is 0 Å². The van der Waals surface area contributed by atoms with Crippen LogP contribution < -0.4 is 11.2 Å². The van der Waals surface area contributed by atoms with Gasteiger partial charge >= 0.3 is 5.97 Å². The number of nitrogens with zero attached hydrogens (tertiary/aromatic N) is 1. The summed E-state index contributed by atoms with van der Waals surface area (Å²) in [6.07, 6.45) is 2.84. The van der Waals surface area contributed by atoms with E-state index in [-0.39, 0.29) is 18.7 Å². The highest BCUT2D eigenvalue weighted by atomic mass is 16.4. The van der Waals surface area contributed by atoms with E-state index in [0.717, 1.165) is 24.0 Å². The van der Waals surface area contributed by atoms with Crippen LogP contribution in [0.5, 0.6) is 0 Å². The molecule has 0 amide bonds. The molecule has 0 unspecified atom stereocenters. The van der Waals surface area contributed by atoms with Gasteiger partial charge in [0.2, 0.25) is 5.43 Å². The van der Waals surface area contributed by atoms with E-state index in [0.29, 0.717) is 17.4 Å². The average molecular weight is 304 g/mol. The Labute approximate surface area is 127 Å². The molecule has 0 bridgehead atoms. The number of aliphatic hydroxyl groups excluding tert-OH is 1. The van der Waals surface area contributed by atoms with Gasteiger partial charge in [-0.3, -0.25) is 4.79 Å². The second-order valence-electron chi connectivity index (χ2n) is 5.30. The van der Waals surface area contributed by atoms with Gasteiger partial charge in [-0.1, -0.05) is 6.07 Å². The maximum Gasteiger partial charge on any atom is 0.341 e. The number of aromatic nitrogens is 1. The monoisotopic (exact) mass is 304 g/mol. The highest BCUT2D eigenvalue weighted by molar-refractivity contribution is 5.93. The lowest BCUT2D eigenvalue weighted by Crippen LogP contribution is -2.20. The summed E-state index contributed by atoms with van der Waals surface area (Å²) in [5.74, 6) is -1.26. The minimum Gasteiger partial charge on any atom is -0.477 e. The van der Waals surface area contributed by atoms with Crippen molar-refractivity contribution in [3.05, 3.63) is 45.2 Å². The molecule has 6 nitrogen and oxygen atoms in total. The number of benzene rings is 1. The Morgan fingerprint density at radius 1 is 1.36 bits per heavy atom. The Bertz CT molecular complexity index is 765. The number of carboxylic acid groups (broad SMARTS) is 1. The van der Waals surface area contributed by atoms with Crippen molar-refractivity contribution in [3.63, 3.8) is 0 Å². The van der Waals surface area contributed by atoms with Crippen molar-refractivity contribution in [2.75, 3.05) is 13.2 Å². The molecule has 118 valence electrons. The van der Waals surface area contributed by atoms with E-state index in [2.05, 4.69) is 0 Å². The van der Waals surface area contributed by atoms with Gasteiger partial charge in [-0.15, -0.1) is 0 Å². The van der Waals surface area contributed by atoms with Crippen LogP contribution in [0.2, 0.25) is 0 Å². The Kier molecular flexibility index (Phi) is 4.95. The van der Waals surface area contributed by atoms with Crippen LogP contribution in [0.1, 0.15) is 27.9 Å². The van der Waals surface area contributed by atoms with Crippen molar-refractivity contribution in [2.45, 2.75) is 26.3 Å². The molecule has 1 aromatic heterocycles. The Morgan fingerprint density at radius 3 is 2.68 bits per heavy atom. The van der Waals surface area contributed by atoms with Crippen molar-refractivity contribution < 1.29 is 15.0 Å². The zero-order valence-corrected chi connectivity index (χ0v) is 12.5. The summed E-state index contributed by atoms with van der Waals surface area (Å²) in [6, 6.07) is 3.71. The predicted octanol–water partition coefficient (Wildman–Crippen LogP) is 0.892. The lowest BCUT2D eigenvalue weighted by atomic mass is 10.0. The molecule has 0 fully saturated rings. The molecule has 0 saturated carbocycles. The fraction of sp³-hybridized carbons (Fsp3) is 0.375. The maximum atomic E-state index is 12.4. The quantitative estimate of drug-likeness (QED) is 0.735. The minimum atomic E-state index is -1.26. The maximum absolute atomic E-state index is 12.4. The first-order valence-electron chi connectivity index (χ1n) is 7.20. The number of hydrogen-bond acceptors (Lipinski definition) is 4. The van der Waals surface area contributed by atoms with E-state index < -0.39 is 11.4 Å². The van der Waals surface area contributed by atoms with Gasteiger partial charge in [-0.2, -0.15) is 0 Å². The molecule has 2 rings (SSSR count). The average Bonchev–Trinajstić information content (AvgIpc) is 2.47. The van der Waals surface area contributed by atoms with Crippen molar-refractivity contribution in [3.8, 4) is 0 Å². The van der Waals surface area contributed by atoms with Gasteiger partial charge in [0.25, 0.3) is 0 Å². The van der Waals surface area contributed by atoms with Crippen molar-refractivity contribution >= 4 is 16.9 Å². The van der Waals surface area contributed by atoms with Gasteiger partial charge in [0.05, 0.1) is 12.1 Å². The van der Waals surface area contributed by atoms with E-state index in [1.54, 1.807) is 10.6 Å². The molecule has 0 saturated heterocycles. The first kappa shape index (κ1) is 16.2. The van der Waals surface area contributed by atoms with Gasteiger partial charge in [-0.05, 0) is 43.5 Å². The third kappa shape index (κ3) is 3.03.